The lowest BCUT2D eigenvalue weighted by molar-refractivity contribution is 0.545. The molecule has 2 heteroatoms. The van der Waals surface area contributed by atoms with Gasteiger partial charge in [-0.2, -0.15) is 0 Å². The molecule has 1 unspecified atom stereocenters. The second-order valence-electron chi connectivity index (χ2n) is 4.85. The molecule has 0 aliphatic heterocycles. The Balaban J connectivity index is 0.000000774. The first-order valence-corrected chi connectivity index (χ1v) is 7.86. The van der Waals surface area contributed by atoms with Gasteiger partial charge < -0.3 is 4.57 Å². The van der Waals surface area contributed by atoms with Crippen molar-refractivity contribution in [3.63, 3.8) is 0 Å². The molecule has 1 aromatic carbocycles. The van der Waals surface area contributed by atoms with E-state index in [0.717, 1.165) is 18.5 Å². The van der Waals surface area contributed by atoms with Crippen molar-refractivity contribution < 1.29 is 0 Å². The molecule has 21 heavy (non-hydrogen) atoms. The number of fused-ring (bicyclic) bond motifs is 1. The Bertz CT molecular complexity index is 655. The van der Waals surface area contributed by atoms with Gasteiger partial charge in [0.2, 0.25) is 0 Å². The van der Waals surface area contributed by atoms with Gasteiger partial charge in [0, 0.05) is 17.8 Å². The number of hydrogen-bond acceptors (Lipinski definition) is 1. The molecule has 2 aromatic heterocycles. The first-order valence-electron chi connectivity index (χ1n) is 7.86. The highest BCUT2D eigenvalue weighted by molar-refractivity contribution is 5.76. The molecule has 3 rings (SSSR count). The highest BCUT2D eigenvalue weighted by Gasteiger charge is 2.14. The zero-order chi connectivity index (χ0) is 15.1. The quantitative estimate of drug-likeness (QED) is 0.621. The summed E-state index contributed by atoms with van der Waals surface area (Å²) in [5.74, 6) is 0. The smallest absolute Gasteiger partial charge is 0.140 e. The monoisotopic (exact) mass is 280 g/mol. The van der Waals surface area contributed by atoms with Gasteiger partial charge in [-0.3, -0.25) is 0 Å². The van der Waals surface area contributed by atoms with Crippen LogP contribution in [0.4, 0.5) is 0 Å². The van der Waals surface area contributed by atoms with Crippen molar-refractivity contribution in [2.24, 2.45) is 0 Å². The molecule has 0 saturated carbocycles. The molecule has 0 radical (unpaired) electrons. The van der Waals surface area contributed by atoms with Gasteiger partial charge in [-0.15, -0.1) is 0 Å². The molecule has 0 saturated heterocycles. The summed E-state index contributed by atoms with van der Waals surface area (Å²) in [5.41, 5.74) is 2.43. The Morgan fingerprint density at radius 2 is 1.76 bits per heavy atom. The predicted octanol–water partition coefficient (Wildman–Crippen LogP) is 5.45. The van der Waals surface area contributed by atoms with Crippen LogP contribution in [0.3, 0.4) is 0 Å². The number of hydrogen-bond donors (Lipinski definition) is 0. The lowest BCUT2D eigenvalue weighted by Crippen LogP contribution is -2.09. The van der Waals surface area contributed by atoms with Gasteiger partial charge in [-0.1, -0.05) is 57.5 Å². The minimum atomic E-state index is 0.374. The number of aromatic nitrogens is 2. The van der Waals surface area contributed by atoms with Crippen molar-refractivity contribution in [3.8, 4) is 0 Å². The summed E-state index contributed by atoms with van der Waals surface area (Å²) in [6.07, 6.45) is 6.31. The van der Waals surface area contributed by atoms with Gasteiger partial charge in [0.05, 0.1) is 6.04 Å². The predicted molar refractivity (Wildman–Crippen MR) is 90.6 cm³/mol. The van der Waals surface area contributed by atoms with Crippen molar-refractivity contribution in [1.29, 1.82) is 0 Å². The molecule has 0 aliphatic rings. The van der Waals surface area contributed by atoms with Crippen LogP contribution in [0, 0.1) is 0 Å². The van der Waals surface area contributed by atoms with E-state index in [9.17, 15) is 0 Å². The van der Waals surface area contributed by atoms with E-state index in [0.29, 0.717) is 6.04 Å². The second kappa shape index (κ2) is 7.63. The number of pyridine rings is 1. The summed E-state index contributed by atoms with van der Waals surface area (Å²) >= 11 is 0. The number of rotatable bonds is 4. The first-order chi connectivity index (χ1) is 10.4. The van der Waals surface area contributed by atoms with Crippen LogP contribution < -0.4 is 0 Å². The Morgan fingerprint density at radius 1 is 1.00 bits per heavy atom. The summed E-state index contributed by atoms with van der Waals surface area (Å²) in [5, 5.41) is 1.21. The van der Waals surface area contributed by atoms with Crippen LogP contribution in [0.5, 0.6) is 0 Å². The SMILES string of the molecule is CC.CCCC(c1ccccc1)n1ccc2cccnc21. The van der Waals surface area contributed by atoms with Crippen LogP contribution in [0.2, 0.25) is 0 Å². The van der Waals surface area contributed by atoms with E-state index in [1.807, 2.05) is 26.1 Å². The van der Waals surface area contributed by atoms with Gasteiger partial charge in [0.25, 0.3) is 0 Å². The molecule has 0 aliphatic carbocycles. The number of nitrogens with zero attached hydrogens (tertiary/aromatic N) is 2. The first kappa shape index (κ1) is 15.3. The third kappa shape index (κ3) is 3.33. The highest BCUT2D eigenvalue weighted by Crippen LogP contribution is 2.27. The molecule has 2 heterocycles. The molecule has 110 valence electrons. The summed E-state index contributed by atoms with van der Waals surface area (Å²) in [6.45, 7) is 6.23. The normalized spacial score (nSPS) is 11.8. The van der Waals surface area contributed by atoms with Crippen LogP contribution in [0.1, 0.15) is 45.2 Å². The van der Waals surface area contributed by atoms with Crippen molar-refractivity contribution in [2.75, 3.05) is 0 Å². The lowest BCUT2D eigenvalue weighted by Gasteiger charge is -2.19. The third-order valence-corrected chi connectivity index (χ3v) is 3.56. The molecular formula is C19H24N2. The fraction of sp³-hybridized carbons (Fsp3) is 0.316. The Morgan fingerprint density at radius 3 is 2.48 bits per heavy atom. The van der Waals surface area contributed by atoms with Crippen LogP contribution in [-0.4, -0.2) is 9.55 Å². The van der Waals surface area contributed by atoms with Gasteiger partial charge >= 0.3 is 0 Å². The molecule has 2 nitrogen and oxygen atoms in total. The largest absolute Gasteiger partial charge is 0.325 e. The summed E-state index contributed by atoms with van der Waals surface area (Å²) in [6, 6.07) is 17.3. The summed E-state index contributed by atoms with van der Waals surface area (Å²) < 4.78 is 2.30. The molecule has 1 atom stereocenters. The zero-order valence-electron chi connectivity index (χ0n) is 13.2. The van der Waals surface area contributed by atoms with Crippen LogP contribution in [-0.2, 0) is 0 Å². The molecule has 0 amide bonds. The fourth-order valence-electron chi connectivity index (χ4n) is 2.65. The standard InChI is InChI=1S/C17H18N2.C2H6/c1-2-7-16(14-8-4-3-5-9-14)19-13-11-15-10-6-12-18-17(15)19;1-2/h3-6,8-13,16H,2,7H2,1H3;1-2H3. The van der Waals surface area contributed by atoms with Crippen molar-refractivity contribution in [3.05, 3.63) is 66.5 Å². The maximum Gasteiger partial charge on any atom is 0.140 e. The lowest BCUT2D eigenvalue weighted by atomic mass is 10.0. The van der Waals surface area contributed by atoms with Crippen LogP contribution >= 0.6 is 0 Å². The zero-order valence-corrected chi connectivity index (χ0v) is 13.2. The highest BCUT2D eigenvalue weighted by atomic mass is 15.1. The second-order valence-corrected chi connectivity index (χ2v) is 4.85. The number of benzene rings is 1. The van der Waals surface area contributed by atoms with Gasteiger partial charge in [0.15, 0.2) is 0 Å². The van der Waals surface area contributed by atoms with Gasteiger partial charge in [0.1, 0.15) is 5.65 Å². The Labute approximate surface area is 127 Å². The van der Waals surface area contributed by atoms with Crippen molar-refractivity contribution in [1.82, 2.24) is 9.55 Å². The maximum absolute atomic E-state index is 4.53. The maximum atomic E-state index is 4.53. The summed E-state index contributed by atoms with van der Waals surface area (Å²) in [4.78, 5) is 4.53. The molecule has 0 bridgehead atoms. The van der Waals surface area contributed by atoms with Crippen LogP contribution in [0.15, 0.2) is 60.9 Å². The molecule has 0 fully saturated rings. The van der Waals surface area contributed by atoms with E-state index in [-0.39, 0.29) is 0 Å². The molecule has 0 spiro atoms. The topological polar surface area (TPSA) is 17.8 Å². The fourth-order valence-corrected chi connectivity index (χ4v) is 2.65. The van der Waals surface area contributed by atoms with Gasteiger partial charge in [-0.05, 0) is 30.2 Å². The van der Waals surface area contributed by atoms with Crippen LogP contribution in [0.25, 0.3) is 11.0 Å². The van der Waals surface area contributed by atoms with Crippen molar-refractivity contribution >= 4 is 11.0 Å². The van der Waals surface area contributed by atoms with Gasteiger partial charge in [-0.25, -0.2) is 4.98 Å². The molecular weight excluding hydrogens is 256 g/mol. The minimum Gasteiger partial charge on any atom is -0.325 e. The Hall–Kier alpha value is -2.09. The third-order valence-electron chi connectivity index (χ3n) is 3.56. The van der Waals surface area contributed by atoms with E-state index < -0.39 is 0 Å². The van der Waals surface area contributed by atoms with E-state index in [1.54, 1.807) is 0 Å². The minimum absolute atomic E-state index is 0.374. The van der Waals surface area contributed by atoms with Crippen molar-refractivity contribution in [2.45, 2.75) is 39.7 Å². The van der Waals surface area contributed by atoms with E-state index in [2.05, 4.69) is 65.1 Å². The molecule has 0 N–H and O–H groups in total. The average Bonchev–Trinajstić information content (AvgIpc) is 2.99. The van der Waals surface area contributed by atoms with E-state index in [4.69, 9.17) is 0 Å². The van der Waals surface area contributed by atoms with E-state index in [1.165, 1.54) is 10.9 Å². The van der Waals surface area contributed by atoms with E-state index >= 15 is 0 Å². The Kier molecular flexibility index (Phi) is 5.56. The average molecular weight is 280 g/mol. The summed E-state index contributed by atoms with van der Waals surface area (Å²) in [7, 11) is 0. The molecule has 3 aromatic rings.